The molecule has 224 valence electrons. The normalized spacial score (nSPS) is 50.4. The van der Waals surface area contributed by atoms with Gasteiger partial charge in [0.2, 0.25) is 0 Å². The van der Waals surface area contributed by atoms with Gasteiger partial charge < -0.3 is 34.6 Å². The van der Waals surface area contributed by atoms with E-state index < -0.39 is 37.3 Å². The molecule has 0 unspecified atom stereocenters. The number of ether oxygens (including phenoxy) is 3. The van der Waals surface area contributed by atoms with Crippen molar-refractivity contribution in [1.29, 1.82) is 0 Å². The molecule has 0 aromatic rings. The molecule has 5 rings (SSSR count). The smallest absolute Gasteiger partial charge is 0.305 e. The van der Waals surface area contributed by atoms with E-state index in [0.717, 1.165) is 43.4 Å². The molecular weight excluding hydrogens is 500 g/mol. The number of rotatable bonds is 7. The molecule has 0 amide bonds. The van der Waals surface area contributed by atoms with Crippen LogP contribution >= 0.6 is 0 Å². The van der Waals surface area contributed by atoms with Crippen LogP contribution in [0.1, 0.15) is 91.4 Å². The van der Waals surface area contributed by atoms with Crippen LogP contribution in [-0.4, -0.2) is 76.9 Å². The predicted octanol–water partition coefficient (Wildman–Crippen LogP) is 3.42. The Hall–Kier alpha value is -0.770. The van der Waals surface area contributed by atoms with Gasteiger partial charge in [-0.15, -0.1) is 0 Å². The molecule has 4 aliphatic carbocycles. The molecule has 1 aliphatic heterocycles. The van der Waals surface area contributed by atoms with E-state index in [9.17, 15) is 25.2 Å². The lowest BCUT2D eigenvalue weighted by atomic mass is 9.44. The first kappa shape index (κ1) is 29.7. The van der Waals surface area contributed by atoms with Gasteiger partial charge in [-0.05, 0) is 111 Å². The van der Waals surface area contributed by atoms with Crippen molar-refractivity contribution in [1.82, 2.24) is 0 Å². The molecule has 8 nitrogen and oxygen atoms in total. The van der Waals surface area contributed by atoms with Crippen molar-refractivity contribution in [2.24, 2.45) is 46.3 Å². The summed E-state index contributed by atoms with van der Waals surface area (Å²) >= 11 is 0. The van der Waals surface area contributed by atoms with Gasteiger partial charge >= 0.3 is 5.97 Å². The number of aliphatic hydroxyl groups excluding tert-OH is 4. The van der Waals surface area contributed by atoms with Gasteiger partial charge in [0, 0.05) is 6.42 Å². The Bertz CT molecular complexity index is 866. The molecule has 1 saturated heterocycles. The number of fused-ring (bicyclic) bond motifs is 5. The highest BCUT2D eigenvalue weighted by atomic mass is 16.7. The zero-order valence-corrected chi connectivity index (χ0v) is 24.3. The molecule has 8 heteroatoms. The van der Waals surface area contributed by atoms with E-state index in [-0.39, 0.29) is 17.5 Å². The summed E-state index contributed by atoms with van der Waals surface area (Å²) < 4.78 is 16.8. The third kappa shape index (κ3) is 5.20. The molecular formula is C31H52O8. The van der Waals surface area contributed by atoms with Crippen LogP contribution < -0.4 is 0 Å². The van der Waals surface area contributed by atoms with Gasteiger partial charge in [-0.25, -0.2) is 0 Å². The molecule has 39 heavy (non-hydrogen) atoms. The summed E-state index contributed by atoms with van der Waals surface area (Å²) in [5.41, 5.74) is 0.650. The lowest BCUT2D eigenvalue weighted by molar-refractivity contribution is -0.316. The van der Waals surface area contributed by atoms with Gasteiger partial charge in [-0.3, -0.25) is 4.79 Å². The van der Waals surface area contributed by atoms with E-state index in [0.29, 0.717) is 29.6 Å². The number of carbonyl (C=O) groups excluding carboxylic acids is 1. The predicted molar refractivity (Wildman–Crippen MR) is 144 cm³/mol. The van der Waals surface area contributed by atoms with Crippen molar-refractivity contribution >= 4 is 5.97 Å². The van der Waals surface area contributed by atoms with Gasteiger partial charge in [0.25, 0.3) is 0 Å². The number of esters is 1. The average Bonchev–Trinajstić information content (AvgIpc) is 3.29. The average molecular weight is 553 g/mol. The molecule has 0 spiro atoms. The first-order valence-electron chi connectivity index (χ1n) is 15.6. The third-order valence-corrected chi connectivity index (χ3v) is 12.6. The van der Waals surface area contributed by atoms with Crippen molar-refractivity contribution in [3.8, 4) is 0 Å². The maximum atomic E-state index is 11.8. The fraction of sp³-hybridized carbons (Fsp3) is 0.968. The summed E-state index contributed by atoms with van der Waals surface area (Å²) in [6.07, 6.45) is 5.80. The molecule has 14 atom stereocenters. The van der Waals surface area contributed by atoms with Gasteiger partial charge in [0.1, 0.15) is 24.4 Å². The number of hydrogen-bond acceptors (Lipinski definition) is 8. The van der Waals surface area contributed by atoms with Crippen molar-refractivity contribution in [2.45, 2.75) is 128 Å². The monoisotopic (exact) mass is 552 g/mol. The van der Waals surface area contributed by atoms with E-state index in [2.05, 4.69) is 20.8 Å². The molecule has 5 aliphatic rings. The fourth-order valence-corrected chi connectivity index (χ4v) is 10.3. The second-order valence-corrected chi connectivity index (χ2v) is 14.2. The summed E-state index contributed by atoms with van der Waals surface area (Å²) in [4.78, 5) is 11.8. The van der Waals surface area contributed by atoms with Gasteiger partial charge in [-0.2, -0.15) is 0 Å². The van der Waals surface area contributed by atoms with Gasteiger partial charge in [0.15, 0.2) is 6.29 Å². The standard InChI is InChI=1S/C31H52O8/c1-17(5-10-25(33)37-4)21-8-9-22-20-7-6-18-15-19(11-13-30(18,2)23(20)12-14-31(21,22)3)38-29-28(36)27(35)26(34)24(16-32)39-29/h17-24,26-29,32,34-36H,5-16H2,1-4H3/t17-,18-,19-,20+,21-,22+,23+,24-,26-,27+,28+,29+,30+,31-/m1/s1. The van der Waals surface area contributed by atoms with Crippen LogP contribution in [0.5, 0.6) is 0 Å². The maximum Gasteiger partial charge on any atom is 0.305 e. The summed E-state index contributed by atoms with van der Waals surface area (Å²) in [7, 11) is 1.48. The summed E-state index contributed by atoms with van der Waals surface area (Å²) in [6, 6.07) is 0. The van der Waals surface area contributed by atoms with Crippen molar-refractivity contribution < 1.29 is 39.4 Å². The SMILES string of the molecule is COC(=O)CC[C@@H](C)[C@H]1CC[C@H]2[C@@H]3CC[C@@H]4C[C@H](O[C@H]5O[C@H](CO)[C@@H](O)[C@H](O)[C@@H]5O)CC[C@]4(C)[C@H]3CC[C@]12C. The summed E-state index contributed by atoms with van der Waals surface area (Å²) in [5, 5.41) is 40.3. The Balaban J connectivity index is 1.22. The molecule has 4 saturated carbocycles. The van der Waals surface area contributed by atoms with E-state index in [1.807, 2.05) is 0 Å². The van der Waals surface area contributed by atoms with Crippen molar-refractivity contribution in [3.63, 3.8) is 0 Å². The van der Waals surface area contributed by atoms with Crippen LogP contribution in [0, 0.1) is 46.3 Å². The summed E-state index contributed by atoms with van der Waals surface area (Å²) in [6.45, 7) is 6.99. The van der Waals surface area contributed by atoms with Gasteiger partial charge in [0.05, 0.1) is 19.8 Å². The number of carbonyl (C=O) groups is 1. The van der Waals surface area contributed by atoms with E-state index in [4.69, 9.17) is 14.2 Å². The fourth-order valence-electron chi connectivity index (χ4n) is 10.3. The minimum Gasteiger partial charge on any atom is -0.469 e. The maximum absolute atomic E-state index is 11.8. The Labute approximate surface area is 233 Å². The Morgan fingerprint density at radius 1 is 0.949 bits per heavy atom. The molecule has 5 fully saturated rings. The van der Waals surface area contributed by atoms with Crippen LogP contribution in [0.2, 0.25) is 0 Å². The Kier molecular flexibility index (Phi) is 8.75. The second-order valence-electron chi connectivity index (χ2n) is 14.2. The van der Waals surface area contributed by atoms with E-state index >= 15 is 0 Å². The zero-order valence-electron chi connectivity index (χ0n) is 24.3. The first-order chi connectivity index (χ1) is 18.5. The highest BCUT2D eigenvalue weighted by Gasteiger charge is 2.61. The largest absolute Gasteiger partial charge is 0.469 e. The van der Waals surface area contributed by atoms with Crippen molar-refractivity contribution in [2.75, 3.05) is 13.7 Å². The molecule has 4 N–H and O–H groups in total. The Morgan fingerprint density at radius 3 is 2.38 bits per heavy atom. The van der Waals surface area contributed by atoms with E-state index in [1.54, 1.807) is 0 Å². The highest BCUT2D eigenvalue weighted by Crippen LogP contribution is 2.68. The number of hydrogen-bond donors (Lipinski definition) is 4. The highest BCUT2D eigenvalue weighted by molar-refractivity contribution is 5.69. The Morgan fingerprint density at radius 2 is 1.67 bits per heavy atom. The minimum absolute atomic E-state index is 0.0681. The lowest BCUT2D eigenvalue weighted by Gasteiger charge is -2.61. The lowest BCUT2D eigenvalue weighted by Crippen LogP contribution is -2.60. The first-order valence-corrected chi connectivity index (χ1v) is 15.6. The van der Waals surface area contributed by atoms with Crippen LogP contribution in [0.4, 0.5) is 0 Å². The van der Waals surface area contributed by atoms with Crippen LogP contribution in [0.25, 0.3) is 0 Å². The molecule has 0 aromatic heterocycles. The number of methoxy groups -OCH3 is 1. The molecule has 1 heterocycles. The molecule has 0 aromatic carbocycles. The molecule has 0 radical (unpaired) electrons. The third-order valence-electron chi connectivity index (χ3n) is 12.6. The van der Waals surface area contributed by atoms with Crippen LogP contribution in [-0.2, 0) is 19.0 Å². The summed E-state index contributed by atoms with van der Waals surface area (Å²) in [5.74, 6) is 3.95. The second kappa shape index (κ2) is 11.5. The number of aliphatic hydroxyl groups is 4. The topological polar surface area (TPSA) is 126 Å². The van der Waals surface area contributed by atoms with Crippen molar-refractivity contribution in [3.05, 3.63) is 0 Å². The van der Waals surface area contributed by atoms with Crippen LogP contribution in [0.3, 0.4) is 0 Å². The van der Waals surface area contributed by atoms with Crippen LogP contribution in [0.15, 0.2) is 0 Å². The minimum atomic E-state index is -1.40. The quantitative estimate of drug-likeness (QED) is 0.280. The van der Waals surface area contributed by atoms with Gasteiger partial charge in [-0.1, -0.05) is 20.8 Å². The van der Waals surface area contributed by atoms with E-state index in [1.165, 1.54) is 45.6 Å². The molecule has 0 bridgehead atoms. The zero-order chi connectivity index (χ0) is 28.1.